The molecule has 4 aromatic rings. The number of hydrogen-bond donors (Lipinski definition) is 1. The molecule has 4 aromatic carbocycles. The van der Waals surface area contributed by atoms with Crippen molar-refractivity contribution in [2.75, 3.05) is 17.1 Å². The van der Waals surface area contributed by atoms with Crippen LogP contribution in [0.3, 0.4) is 0 Å². The quantitative estimate of drug-likeness (QED) is 0.212. The highest BCUT2D eigenvalue weighted by Gasteiger charge is 2.34. The van der Waals surface area contributed by atoms with Gasteiger partial charge >= 0.3 is 0 Å². The van der Waals surface area contributed by atoms with Crippen molar-refractivity contribution in [3.63, 3.8) is 0 Å². The van der Waals surface area contributed by atoms with Crippen LogP contribution in [0.5, 0.6) is 0 Å². The van der Waals surface area contributed by atoms with E-state index in [1.54, 1.807) is 17.0 Å². The predicted molar refractivity (Wildman–Crippen MR) is 175 cm³/mol. The van der Waals surface area contributed by atoms with E-state index in [1.807, 2.05) is 84.9 Å². The Kier molecular flexibility index (Phi) is 9.82. The molecular formula is C34H36BrN3O4S. The van der Waals surface area contributed by atoms with Gasteiger partial charge in [-0.2, -0.15) is 0 Å². The summed E-state index contributed by atoms with van der Waals surface area (Å²) < 4.78 is 28.5. The first-order valence-electron chi connectivity index (χ1n) is 14.5. The second-order valence-electron chi connectivity index (χ2n) is 11.1. The molecule has 1 N–H and O–H groups in total. The molecule has 9 heteroatoms. The number of benzene rings is 4. The molecule has 1 aliphatic rings. The monoisotopic (exact) mass is 661 g/mol. The van der Waals surface area contributed by atoms with Gasteiger partial charge in [-0.25, -0.2) is 8.42 Å². The van der Waals surface area contributed by atoms with E-state index in [4.69, 9.17) is 0 Å². The van der Waals surface area contributed by atoms with Crippen molar-refractivity contribution in [1.82, 2.24) is 10.2 Å². The minimum Gasteiger partial charge on any atom is -0.352 e. The van der Waals surface area contributed by atoms with Crippen LogP contribution in [-0.4, -0.2) is 50.0 Å². The lowest BCUT2D eigenvalue weighted by Crippen LogP contribution is -2.54. The topological polar surface area (TPSA) is 86.8 Å². The lowest BCUT2D eigenvalue weighted by molar-refractivity contribution is -0.140. The van der Waals surface area contributed by atoms with E-state index >= 15 is 0 Å². The second kappa shape index (κ2) is 13.7. The predicted octanol–water partition coefficient (Wildman–Crippen LogP) is 6.07. The van der Waals surface area contributed by atoms with E-state index in [9.17, 15) is 18.0 Å². The zero-order valence-electron chi connectivity index (χ0n) is 24.2. The smallest absolute Gasteiger partial charge is 0.244 e. The van der Waals surface area contributed by atoms with Gasteiger partial charge in [0.1, 0.15) is 12.6 Å². The van der Waals surface area contributed by atoms with Crippen molar-refractivity contribution in [3.8, 4) is 0 Å². The van der Waals surface area contributed by atoms with E-state index in [1.165, 1.54) is 0 Å². The molecule has 1 atom stereocenters. The van der Waals surface area contributed by atoms with Crippen molar-refractivity contribution in [1.29, 1.82) is 0 Å². The summed E-state index contributed by atoms with van der Waals surface area (Å²) in [5.41, 5.74) is 2.17. The number of amides is 2. The van der Waals surface area contributed by atoms with Gasteiger partial charge in [-0.05, 0) is 47.6 Å². The first-order chi connectivity index (χ1) is 20.7. The molecule has 0 radical (unpaired) electrons. The SMILES string of the molecule is CS(=O)(=O)N(CC(=O)N(Cc1ccc(Br)cc1)C(Cc1ccccc1)C(=O)NC1CCCC1)c1cccc2ccccc12. The number of rotatable bonds is 11. The number of nitrogens with one attached hydrogen (secondary N) is 1. The van der Waals surface area contributed by atoms with Crippen molar-refractivity contribution in [2.24, 2.45) is 0 Å². The van der Waals surface area contributed by atoms with Gasteiger partial charge in [-0.15, -0.1) is 0 Å². The summed E-state index contributed by atoms with van der Waals surface area (Å²) in [4.78, 5) is 29.9. The number of sulfonamides is 1. The van der Waals surface area contributed by atoms with Crippen molar-refractivity contribution in [3.05, 3.63) is 113 Å². The maximum atomic E-state index is 14.4. The molecule has 1 aliphatic carbocycles. The Labute approximate surface area is 262 Å². The number of carbonyl (C=O) groups excluding carboxylic acids is 2. The molecule has 0 spiro atoms. The number of carbonyl (C=O) groups is 2. The molecule has 1 saturated carbocycles. The highest BCUT2D eigenvalue weighted by molar-refractivity contribution is 9.10. The Morgan fingerprint density at radius 1 is 0.860 bits per heavy atom. The van der Waals surface area contributed by atoms with Gasteiger partial charge in [0.15, 0.2) is 0 Å². The Hall–Kier alpha value is -3.69. The Morgan fingerprint density at radius 2 is 1.51 bits per heavy atom. The Balaban J connectivity index is 1.54. The lowest BCUT2D eigenvalue weighted by atomic mass is 10.0. The molecule has 5 rings (SSSR count). The largest absolute Gasteiger partial charge is 0.352 e. The van der Waals surface area contributed by atoms with Gasteiger partial charge in [0.2, 0.25) is 21.8 Å². The summed E-state index contributed by atoms with van der Waals surface area (Å²) in [5.74, 6) is -0.680. The van der Waals surface area contributed by atoms with E-state index in [-0.39, 0.29) is 18.5 Å². The highest BCUT2D eigenvalue weighted by atomic mass is 79.9. The van der Waals surface area contributed by atoms with Crippen LogP contribution >= 0.6 is 15.9 Å². The lowest BCUT2D eigenvalue weighted by Gasteiger charge is -2.34. The standard InChI is InChI=1S/C34H36BrN3O4S/c1-43(41,42)38(31-17-9-13-27-12-5-8-16-30(27)31)24-33(39)37(23-26-18-20-28(35)21-19-26)32(22-25-10-3-2-4-11-25)34(40)36-29-14-6-7-15-29/h2-5,8-13,16-21,29,32H,6-7,14-15,22-24H2,1H3,(H,36,40). The molecule has 43 heavy (non-hydrogen) atoms. The highest BCUT2D eigenvalue weighted by Crippen LogP contribution is 2.29. The van der Waals surface area contributed by atoms with Crippen LogP contribution < -0.4 is 9.62 Å². The third kappa shape index (κ3) is 7.83. The molecule has 1 unspecified atom stereocenters. The maximum absolute atomic E-state index is 14.4. The van der Waals surface area contributed by atoms with Crippen LogP contribution in [0.2, 0.25) is 0 Å². The van der Waals surface area contributed by atoms with Gasteiger partial charge in [-0.3, -0.25) is 13.9 Å². The number of anilines is 1. The molecule has 0 aromatic heterocycles. The Bertz CT molecular complexity index is 1670. The first-order valence-corrected chi connectivity index (χ1v) is 17.2. The van der Waals surface area contributed by atoms with Crippen LogP contribution in [0.1, 0.15) is 36.8 Å². The average molecular weight is 663 g/mol. The van der Waals surface area contributed by atoms with E-state index in [0.717, 1.165) is 62.6 Å². The third-order valence-electron chi connectivity index (χ3n) is 7.95. The number of fused-ring (bicyclic) bond motifs is 1. The van der Waals surface area contributed by atoms with Crippen LogP contribution in [0, 0.1) is 0 Å². The molecular weight excluding hydrogens is 626 g/mol. The number of halogens is 1. The molecule has 0 heterocycles. The minimum absolute atomic E-state index is 0.0682. The van der Waals surface area contributed by atoms with Crippen molar-refractivity contribution >= 4 is 54.2 Å². The summed E-state index contributed by atoms with van der Waals surface area (Å²) in [6.45, 7) is -0.291. The van der Waals surface area contributed by atoms with E-state index in [0.29, 0.717) is 12.1 Å². The summed E-state index contributed by atoms with van der Waals surface area (Å²) in [5, 5.41) is 4.79. The number of hydrogen-bond acceptors (Lipinski definition) is 4. The van der Waals surface area contributed by atoms with Gasteiger partial charge in [0, 0.05) is 28.9 Å². The zero-order valence-corrected chi connectivity index (χ0v) is 26.6. The van der Waals surface area contributed by atoms with E-state index in [2.05, 4.69) is 21.2 Å². The summed E-state index contributed by atoms with van der Waals surface area (Å²) in [6.07, 6.45) is 5.35. The molecule has 224 valence electrons. The fourth-order valence-electron chi connectivity index (χ4n) is 5.73. The molecule has 0 aliphatic heterocycles. The third-order valence-corrected chi connectivity index (χ3v) is 9.61. The van der Waals surface area contributed by atoms with Crippen LogP contribution in [0.15, 0.2) is 102 Å². The van der Waals surface area contributed by atoms with Gasteiger partial charge in [-0.1, -0.05) is 108 Å². The normalized spacial score (nSPS) is 14.4. The van der Waals surface area contributed by atoms with Gasteiger partial charge < -0.3 is 10.2 Å². The van der Waals surface area contributed by atoms with Crippen LogP contribution in [0.4, 0.5) is 5.69 Å². The molecule has 2 amide bonds. The van der Waals surface area contributed by atoms with Crippen molar-refractivity contribution < 1.29 is 18.0 Å². The average Bonchev–Trinajstić information content (AvgIpc) is 3.51. The molecule has 7 nitrogen and oxygen atoms in total. The fourth-order valence-corrected chi connectivity index (χ4v) is 6.85. The first kappa shape index (κ1) is 30.8. The van der Waals surface area contributed by atoms with Crippen LogP contribution in [0.25, 0.3) is 10.8 Å². The maximum Gasteiger partial charge on any atom is 0.244 e. The molecule has 0 bridgehead atoms. The fraction of sp³-hybridized carbons (Fsp3) is 0.294. The molecule has 0 saturated heterocycles. The van der Waals surface area contributed by atoms with Gasteiger partial charge in [0.05, 0.1) is 11.9 Å². The minimum atomic E-state index is -3.86. The van der Waals surface area contributed by atoms with E-state index < -0.39 is 28.5 Å². The summed E-state index contributed by atoms with van der Waals surface area (Å²) >= 11 is 3.47. The molecule has 1 fully saturated rings. The van der Waals surface area contributed by atoms with Crippen molar-refractivity contribution in [2.45, 2.75) is 50.7 Å². The zero-order chi connectivity index (χ0) is 30.4. The Morgan fingerprint density at radius 3 is 2.21 bits per heavy atom. The summed E-state index contributed by atoms with van der Waals surface area (Å²) in [7, 11) is -3.86. The number of nitrogens with zero attached hydrogens (tertiary/aromatic N) is 2. The second-order valence-corrected chi connectivity index (χ2v) is 13.9. The van der Waals surface area contributed by atoms with Gasteiger partial charge in [0.25, 0.3) is 0 Å². The van der Waals surface area contributed by atoms with Crippen LogP contribution in [-0.2, 0) is 32.6 Å². The summed E-state index contributed by atoms with van der Waals surface area (Å²) in [6, 6.07) is 29.3.